The number of alkyl halides is 1. The van der Waals surface area contributed by atoms with Crippen LogP contribution in [-0.2, 0) is 15.9 Å². The minimum Gasteiger partial charge on any atom is -0.281 e. The number of aryl methyl sites for hydroxylation is 1. The molecule has 0 bridgehead atoms. The molecule has 21 heavy (non-hydrogen) atoms. The summed E-state index contributed by atoms with van der Waals surface area (Å²) >= 11 is 5.86. The van der Waals surface area contributed by atoms with Crippen LogP contribution in [0.15, 0.2) is 4.90 Å². The van der Waals surface area contributed by atoms with Crippen molar-refractivity contribution in [3.8, 4) is 0 Å². The molecule has 1 N–H and O–H groups in total. The molecule has 2 aliphatic rings. The number of H-pyrrole nitrogens is 1. The lowest BCUT2D eigenvalue weighted by molar-refractivity contribution is 0.129. The largest absolute Gasteiger partial charge is 0.281 e. The van der Waals surface area contributed by atoms with E-state index in [0.29, 0.717) is 28.7 Å². The number of halogens is 1. The van der Waals surface area contributed by atoms with Gasteiger partial charge in [-0.1, -0.05) is 12.8 Å². The molecule has 0 amide bonds. The molecule has 1 saturated heterocycles. The molecule has 1 aromatic rings. The van der Waals surface area contributed by atoms with Crippen molar-refractivity contribution in [3.63, 3.8) is 0 Å². The van der Waals surface area contributed by atoms with Crippen molar-refractivity contribution < 1.29 is 8.42 Å². The first kappa shape index (κ1) is 15.3. The zero-order chi connectivity index (χ0) is 15.0. The monoisotopic (exact) mass is 331 g/mol. The zero-order valence-electron chi connectivity index (χ0n) is 12.3. The van der Waals surface area contributed by atoms with Crippen molar-refractivity contribution in [1.29, 1.82) is 0 Å². The summed E-state index contributed by atoms with van der Waals surface area (Å²) in [6.45, 7) is 2.37. The molecule has 0 unspecified atom stereocenters. The molecule has 1 aliphatic heterocycles. The van der Waals surface area contributed by atoms with Gasteiger partial charge in [0.25, 0.3) is 0 Å². The van der Waals surface area contributed by atoms with Gasteiger partial charge in [0, 0.05) is 12.6 Å². The topological polar surface area (TPSA) is 66.1 Å². The predicted molar refractivity (Wildman–Crippen MR) is 81.8 cm³/mol. The van der Waals surface area contributed by atoms with Crippen LogP contribution in [0.3, 0.4) is 0 Å². The molecule has 0 radical (unpaired) electrons. The number of aromatic amines is 1. The smallest absolute Gasteiger partial charge is 0.247 e. The molecule has 1 aliphatic carbocycles. The first-order valence-electron chi connectivity index (χ1n) is 7.67. The summed E-state index contributed by atoms with van der Waals surface area (Å²) in [5.74, 6) is 0.634. The van der Waals surface area contributed by atoms with E-state index in [1.165, 1.54) is 6.42 Å². The minimum absolute atomic E-state index is 0.112. The van der Waals surface area contributed by atoms with Gasteiger partial charge in [-0.25, -0.2) is 8.42 Å². The fourth-order valence-electron chi connectivity index (χ4n) is 3.90. The highest BCUT2D eigenvalue weighted by Crippen LogP contribution is 2.38. The zero-order valence-corrected chi connectivity index (χ0v) is 13.9. The van der Waals surface area contributed by atoms with Crippen molar-refractivity contribution in [1.82, 2.24) is 14.5 Å². The third-order valence-corrected chi connectivity index (χ3v) is 7.23. The molecular formula is C14H22ClN3O2S. The Balaban J connectivity index is 1.98. The van der Waals surface area contributed by atoms with Crippen LogP contribution in [-0.4, -0.2) is 35.5 Å². The quantitative estimate of drug-likeness (QED) is 0.866. The number of nitrogens with zero attached hydrogens (tertiary/aromatic N) is 2. The summed E-state index contributed by atoms with van der Waals surface area (Å²) in [5, 5.41) is 6.80. The van der Waals surface area contributed by atoms with Crippen LogP contribution in [0, 0.1) is 12.8 Å². The van der Waals surface area contributed by atoms with Gasteiger partial charge in [0.2, 0.25) is 10.0 Å². The van der Waals surface area contributed by atoms with E-state index in [2.05, 4.69) is 10.2 Å². The number of piperidine rings is 1. The van der Waals surface area contributed by atoms with E-state index < -0.39 is 10.0 Å². The maximum absolute atomic E-state index is 13.1. The lowest BCUT2D eigenvalue weighted by Gasteiger charge is -2.43. The van der Waals surface area contributed by atoms with E-state index in [0.717, 1.165) is 32.1 Å². The predicted octanol–water partition coefficient (Wildman–Crippen LogP) is 2.80. The van der Waals surface area contributed by atoms with Crippen molar-refractivity contribution >= 4 is 21.6 Å². The Morgan fingerprint density at radius 1 is 1.29 bits per heavy atom. The maximum Gasteiger partial charge on any atom is 0.247 e. The average Bonchev–Trinajstić information content (AvgIpc) is 2.88. The Hall–Kier alpha value is -0.590. The number of aromatic nitrogens is 2. The van der Waals surface area contributed by atoms with E-state index in [9.17, 15) is 8.42 Å². The van der Waals surface area contributed by atoms with Gasteiger partial charge in [0.05, 0.1) is 17.3 Å². The fraction of sp³-hybridized carbons (Fsp3) is 0.786. The lowest BCUT2D eigenvalue weighted by atomic mass is 9.79. The van der Waals surface area contributed by atoms with Crippen LogP contribution in [0.4, 0.5) is 0 Å². The van der Waals surface area contributed by atoms with E-state index in [1.54, 1.807) is 11.2 Å². The van der Waals surface area contributed by atoms with Crippen LogP contribution in [0.25, 0.3) is 0 Å². The van der Waals surface area contributed by atoms with Gasteiger partial charge < -0.3 is 0 Å². The number of sulfonamides is 1. The molecule has 5 nitrogen and oxygen atoms in total. The Morgan fingerprint density at radius 2 is 2.00 bits per heavy atom. The minimum atomic E-state index is -3.51. The van der Waals surface area contributed by atoms with Crippen LogP contribution in [0.1, 0.15) is 49.9 Å². The Labute approximate surface area is 131 Å². The molecule has 0 aromatic carbocycles. The fourth-order valence-corrected chi connectivity index (χ4v) is 6.26. The van der Waals surface area contributed by atoms with Crippen molar-refractivity contribution in [2.75, 3.05) is 6.54 Å². The van der Waals surface area contributed by atoms with E-state index >= 15 is 0 Å². The van der Waals surface area contributed by atoms with Crippen molar-refractivity contribution in [2.24, 2.45) is 5.92 Å². The van der Waals surface area contributed by atoms with Crippen LogP contribution < -0.4 is 0 Å². The second kappa shape index (κ2) is 5.89. The molecule has 2 heterocycles. The summed E-state index contributed by atoms with van der Waals surface area (Å²) in [5.41, 5.74) is 1.02. The Kier molecular flexibility index (Phi) is 4.30. The van der Waals surface area contributed by atoms with Gasteiger partial charge in [0.15, 0.2) is 0 Å². The van der Waals surface area contributed by atoms with E-state index in [4.69, 9.17) is 11.6 Å². The molecule has 2 atom stereocenters. The first-order valence-corrected chi connectivity index (χ1v) is 9.65. The molecule has 1 aromatic heterocycles. The third kappa shape index (κ3) is 2.62. The lowest BCUT2D eigenvalue weighted by Crippen LogP contribution is -2.49. The van der Waals surface area contributed by atoms with Crippen molar-refractivity contribution in [2.45, 2.75) is 62.3 Å². The molecule has 0 spiro atoms. The highest BCUT2D eigenvalue weighted by atomic mass is 35.5. The number of hydrogen-bond donors (Lipinski definition) is 1. The normalized spacial score (nSPS) is 27.5. The molecule has 7 heteroatoms. The Morgan fingerprint density at radius 3 is 2.76 bits per heavy atom. The number of rotatable bonds is 3. The SMILES string of the molecule is Cc1[nH]nc(CCl)c1S(=O)(=O)N1CCC[C@H]2CCCC[C@H]21. The van der Waals surface area contributed by atoms with Crippen LogP contribution >= 0.6 is 11.6 Å². The summed E-state index contributed by atoms with van der Waals surface area (Å²) in [6.07, 6.45) is 6.60. The van der Waals surface area contributed by atoms with Gasteiger partial charge in [0.1, 0.15) is 4.90 Å². The van der Waals surface area contributed by atoms with Crippen LogP contribution in [0.5, 0.6) is 0 Å². The summed E-state index contributed by atoms with van der Waals surface area (Å²) in [4.78, 5) is 0.295. The van der Waals surface area contributed by atoms with Gasteiger partial charge in [-0.05, 0) is 38.5 Å². The van der Waals surface area contributed by atoms with E-state index in [1.807, 2.05) is 0 Å². The highest BCUT2D eigenvalue weighted by molar-refractivity contribution is 7.89. The maximum atomic E-state index is 13.1. The number of fused-ring (bicyclic) bond motifs is 1. The standard InChI is InChI=1S/C14H22ClN3O2S/c1-10-14(12(9-15)17-16-10)21(19,20)18-8-4-6-11-5-2-3-7-13(11)18/h11,13H,2-9H2,1H3,(H,16,17)/t11-,13-/m1/s1. The molecule has 3 rings (SSSR count). The van der Waals surface area contributed by atoms with Crippen LogP contribution in [0.2, 0.25) is 0 Å². The van der Waals surface area contributed by atoms with Gasteiger partial charge in [-0.15, -0.1) is 11.6 Å². The Bertz CT molecular complexity index is 612. The summed E-state index contributed by atoms with van der Waals surface area (Å²) in [6, 6.07) is 0.162. The van der Waals surface area contributed by atoms with Gasteiger partial charge in [-0.3, -0.25) is 5.10 Å². The van der Waals surface area contributed by atoms with E-state index in [-0.39, 0.29) is 11.9 Å². The molecule has 2 fully saturated rings. The third-order valence-electron chi connectivity index (χ3n) is 4.85. The first-order chi connectivity index (χ1) is 10.1. The molecule has 118 valence electrons. The second-order valence-corrected chi connectivity index (χ2v) is 8.22. The summed E-state index contributed by atoms with van der Waals surface area (Å²) in [7, 11) is -3.51. The van der Waals surface area contributed by atoms with Gasteiger partial charge in [-0.2, -0.15) is 9.40 Å². The highest BCUT2D eigenvalue weighted by Gasteiger charge is 2.41. The average molecular weight is 332 g/mol. The summed E-state index contributed by atoms with van der Waals surface area (Å²) < 4.78 is 28.0. The van der Waals surface area contributed by atoms with Crippen molar-refractivity contribution in [3.05, 3.63) is 11.4 Å². The number of hydrogen-bond acceptors (Lipinski definition) is 3. The second-order valence-electron chi connectivity index (χ2n) is 6.13. The van der Waals surface area contributed by atoms with Gasteiger partial charge >= 0.3 is 0 Å². The molecule has 1 saturated carbocycles. The molecular weight excluding hydrogens is 310 g/mol. The number of nitrogens with one attached hydrogen (secondary N) is 1.